The van der Waals surface area contributed by atoms with Crippen molar-refractivity contribution in [1.82, 2.24) is 9.55 Å². The van der Waals surface area contributed by atoms with Gasteiger partial charge in [0.1, 0.15) is 5.82 Å². The van der Waals surface area contributed by atoms with E-state index in [1.54, 1.807) is 0 Å². The third-order valence-electron chi connectivity index (χ3n) is 2.20. The zero-order chi connectivity index (χ0) is 12.1. The molecule has 0 bridgehead atoms. The molecule has 7 nitrogen and oxygen atoms in total. The molecule has 0 saturated heterocycles. The van der Waals surface area contributed by atoms with Crippen LogP contribution in [0.2, 0.25) is 0 Å². The standard InChI is InChI=1S/C9H14N4O3/c1-3-4-5-10-7-6(12-16)8(14)13(2)9(15)11-7/h10H,3-5H2,1-2H3,(H,11,15). The van der Waals surface area contributed by atoms with Crippen LogP contribution in [0.5, 0.6) is 0 Å². The number of H-pyrrole nitrogens is 1. The zero-order valence-electron chi connectivity index (χ0n) is 9.24. The summed E-state index contributed by atoms with van der Waals surface area (Å²) in [4.78, 5) is 35.7. The van der Waals surface area contributed by atoms with Gasteiger partial charge in [-0.25, -0.2) is 4.79 Å². The molecule has 0 amide bonds. The van der Waals surface area contributed by atoms with E-state index in [9.17, 15) is 14.5 Å². The van der Waals surface area contributed by atoms with Crippen molar-refractivity contribution in [3.05, 3.63) is 25.7 Å². The van der Waals surface area contributed by atoms with Crippen molar-refractivity contribution in [3.8, 4) is 0 Å². The van der Waals surface area contributed by atoms with Crippen molar-refractivity contribution in [1.29, 1.82) is 0 Å². The predicted molar refractivity (Wildman–Crippen MR) is 61.2 cm³/mol. The predicted octanol–water partition coefficient (Wildman–Crippen LogP) is 0.683. The highest BCUT2D eigenvalue weighted by atomic mass is 16.3. The van der Waals surface area contributed by atoms with Gasteiger partial charge in [0.05, 0.1) is 0 Å². The summed E-state index contributed by atoms with van der Waals surface area (Å²) in [6.45, 7) is 2.58. The normalized spacial score (nSPS) is 10.1. The van der Waals surface area contributed by atoms with Crippen molar-refractivity contribution in [2.24, 2.45) is 12.2 Å². The Morgan fingerprint density at radius 3 is 2.69 bits per heavy atom. The van der Waals surface area contributed by atoms with Crippen molar-refractivity contribution in [2.45, 2.75) is 19.8 Å². The monoisotopic (exact) mass is 226 g/mol. The van der Waals surface area contributed by atoms with Crippen LogP contribution < -0.4 is 16.6 Å². The Bertz CT molecular complexity index is 489. The van der Waals surface area contributed by atoms with Crippen molar-refractivity contribution in [3.63, 3.8) is 0 Å². The van der Waals surface area contributed by atoms with Crippen LogP contribution in [0, 0.1) is 4.91 Å². The van der Waals surface area contributed by atoms with E-state index in [0.717, 1.165) is 17.4 Å². The Morgan fingerprint density at radius 2 is 2.12 bits per heavy atom. The fourth-order valence-corrected chi connectivity index (χ4v) is 1.21. The number of hydrogen-bond acceptors (Lipinski definition) is 5. The molecule has 1 aromatic rings. The molecule has 0 saturated carbocycles. The number of rotatable bonds is 5. The van der Waals surface area contributed by atoms with E-state index in [2.05, 4.69) is 15.5 Å². The second kappa shape index (κ2) is 5.24. The van der Waals surface area contributed by atoms with Crippen LogP contribution in [-0.4, -0.2) is 16.1 Å². The SMILES string of the molecule is CCCCNc1[nH]c(=O)n(C)c(=O)c1N=O. The molecule has 0 fully saturated rings. The molecule has 0 radical (unpaired) electrons. The van der Waals surface area contributed by atoms with Crippen LogP contribution in [-0.2, 0) is 7.05 Å². The Balaban J connectivity index is 3.13. The fourth-order valence-electron chi connectivity index (χ4n) is 1.21. The largest absolute Gasteiger partial charge is 0.369 e. The Hall–Kier alpha value is -1.92. The van der Waals surface area contributed by atoms with Gasteiger partial charge in [0.2, 0.25) is 5.69 Å². The van der Waals surface area contributed by atoms with E-state index < -0.39 is 11.2 Å². The number of hydrogen-bond donors (Lipinski definition) is 2. The second-order valence-corrected chi connectivity index (χ2v) is 3.39. The molecular formula is C9H14N4O3. The summed E-state index contributed by atoms with van der Waals surface area (Å²) in [5, 5.41) is 5.45. The molecule has 0 spiro atoms. The molecular weight excluding hydrogens is 212 g/mol. The van der Waals surface area contributed by atoms with Gasteiger partial charge in [0.15, 0.2) is 0 Å². The highest BCUT2D eigenvalue weighted by molar-refractivity contribution is 5.58. The lowest BCUT2D eigenvalue weighted by Gasteiger charge is -2.07. The number of nitrogens with one attached hydrogen (secondary N) is 2. The maximum Gasteiger partial charge on any atom is 0.329 e. The van der Waals surface area contributed by atoms with Crippen LogP contribution in [0.25, 0.3) is 0 Å². The molecule has 0 aliphatic rings. The van der Waals surface area contributed by atoms with Gasteiger partial charge in [-0.15, -0.1) is 4.91 Å². The highest BCUT2D eigenvalue weighted by Gasteiger charge is 2.11. The highest BCUT2D eigenvalue weighted by Crippen LogP contribution is 2.14. The average molecular weight is 226 g/mol. The van der Waals surface area contributed by atoms with Gasteiger partial charge < -0.3 is 5.32 Å². The van der Waals surface area contributed by atoms with Crippen LogP contribution in [0.1, 0.15) is 19.8 Å². The summed E-state index contributed by atoms with van der Waals surface area (Å²) in [5.74, 6) is 0.0940. The molecule has 0 aliphatic carbocycles. The smallest absolute Gasteiger partial charge is 0.329 e. The van der Waals surface area contributed by atoms with Crippen molar-refractivity contribution < 1.29 is 0 Å². The van der Waals surface area contributed by atoms with E-state index in [4.69, 9.17) is 0 Å². The lowest BCUT2D eigenvalue weighted by atomic mass is 10.3. The molecule has 1 aromatic heterocycles. The molecule has 0 unspecified atom stereocenters. The van der Waals surface area contributed by atoms with Gasteiger partial charge >= 0.3 is 5.69 Å². The molecule has 16 heavy (non-hydrogen) atoms. The van der Waals surface area contributed by atoms with Crippen LogP contribution in [0.3, 0.4) is 0 Å². The first-order valence-corrected chi connectivity index (χ1v) is 5.02. The Morgan fingerprint density at radius 1 is 1.44 bits per heavy atom. The number of aromatic nitrogens is 2. The van der Waals surface area contributed by atoms with Gasteiger partial charge in [-0.2, -0.15) is 0 Å². The molecule has 88 valence electrons. The van der Waals surface area contributed by atoms with E-state index >= 15 is 0 Å². The Labute approximate surface area is 91.5 Å². The first-order valence-electron chi connectivity index (χ1n) is 5.02. The fraction of sp³-hybridized carbons (Fsp3) is 0.556. The second-order valence-electron chi connectivity index (χ2n) is 3.39. The summed E-state index contributed by atoms with van der Waals surface area (Å²) in [7, 11) is 1.28. The minimum Gasteiger partial charge on any atom is -0.369 e. The number of nitroso groups, excluding NO2 is 1. The number of nitrogens with zero attached hydrogens (tertiary/aromatic N) is 2. The first kappa shape index (κ1) is 12.2. The molecule has 0 atom stereocenters. The maximum atomic E-state index is 11.5. The summed E-state index contributed by atoms with van der Waals surface area (Å²) >= 11 is 0. The van der Waals surface area contributed by atoms with Crippen LogP contribution in [0.15, 0.2) is 14.8 Å². The Kier molecular flexibility index (Phi) is 3.98. The average Bonchev–Trinajstić information content (AvgIpc) is 2.27. The lowest BCUT2D eigenvalue weighted by molar-refractivity contribution is 0.771. The van der Waals surface area contributed by atoms with Gasteiger partial charge in [0, 0.05) is 13.6 Å². The van der Waals surface area contributed by atoms with Crippen LogP contribution >= 0.6 is 0 Å². The molecule has 0 aliphatic heterocycles. The molecule has 7 heteroatoms. The zero-order valence-corrected chi connectivity index (χ0v) is 9.24. The summed E-state index contributed by atoms with van der Waals surface area (Å²) in [5.41, 5.74) is -1.56. The van der Waals surface area contributed by atoms with E-state index in [1.807, 2.05) is 6.92 Å². The number of aromatic amines is 1. The summed E-state index contributed by atoms with van der Waals surface area (Å²) in [6.07, 6.45) is 1.83. The topological polar surface area (TPSA) is 96.3 Å². The lowest BCUT2D eigenvalue weighted by Crippen LogP contribution is -2.33. The van der Waals surface area contributed by atoms with Gasteiger partial charge in [-0.1, -0.05) is 13.3 Å². The molecule has 0 aromatic carbocycles. The van der Waals surface area contributed by atoms with Crippen molar-refractivity contribution >= 4 is 11.5 Å². The minimum atomic E-state index is -0.697. The summed E-state index contributed by atoms with van der Waals surface area (Å²) in [6, 6.07) is 0. The molecule has 1 heterocycles. The minimum absolute atomic E-state index is 0.0940. The van der Waals surface area contributed by atoms with Gasteiger partial charge in [0.25, 0.3) is 5.56 Å². The molecule has 1 rings (SSSR count). The maximum absolute atomic E-state index is 11.5. The summed E-state index contributed by atoms with van der Waals surface area (Å²) < 4.78 is 0.807. The number of unbranched alkanes of at least 4 members (excludes halogenated alkanes) is 1. The van der Waals surface area contributed by atoms with E-state index in [1.165, 1.54) is 7.05 Å². The van der Waals surface area contributed by atoms with Crippen molar-refractivity contribution in [2.75, 3.05) is 11.9 Å². The van der Waals surface area contributed by atoms with Gasteiger partial charge in [-0.05, 0) is 11.6 Å². The first-order chi connectivity index (χ1) is 7.61. The van der Waals surface area contributed by atoms with Gasteiger partial charge in [-0.3, -0.25) is 14.3 Å². The number of anilines is 1. The van der Waals surface area contributed by atoms with E-state index in [-0.39, 0.29) is 11.5 Å². The van der Waals surface area contributed by atoms with E-state index in [0.29, 0.717) is 6.54 Å². The third-order valence-corrected chi connectivity index (χ3v) is 2.20. The van der Waals surface area contributed by atoms with Crippen LogP contribution in [0.4, 0.5) is 11.5 Å². The molecule has 2 N–H and O–H groups in total. The quantitative estimate of drug-likeness (QED) is 0.570. The third kappa shape index (κ3) is 2.36.